The van der Waals surface area contributed by atoms with Crippen LogP contribution in [0.3, 0.4) is 0 Å². The van der Waals surface area contributed by atoms with Gasteiger partial charge >= 0.3 is 0 Å². The number of piperidine rings is 1. The topological polar surface area (TPSA) is 69.2 Å². The molecule has 3 aromatic carbocycles. The predicted octanol–water partition coefficient (Wildman–Crippen LogP) is 4.38. The third-order valence-electron chi connectivity index (χ3n) is 7.08. The molecule has 0 aliphatic carbocycles. The Morgan fingerprint density at radius 1 is 0.686 bits per heavy atom. The molecule has 6 nitrogen and oxygen atoms in total. The van der Waals surface area contributed by atoms with Gasteiger partial charge in [-0.1, -0.05) is 36.4 Å². The van der Waals surface area contributed by atoms with E-state index in [-0.39, 0.29) is 12.0 Å². The third kappa shape index (κ3) is 5.15. The monoisotopic (exact) mass is 477 g/mol. The lowest BCUT2D eigenvalue weighted by atomic mass is 9.77. The van der Waals surface area contributed by atoms with E-state index >= 15 is 0 Å². The highest BCUT2D eigenvalue weighted by Crippen LogP contribution is 2.44. The zero-order valence-electron chi connectivity index (χ0n) is 20.8. The normalized spacial score (nSPS) is 15.4. The fraction of sp³-hybridized carbons (Fsp3) is 0.379. The van der Waals surface area contributed by atoms with Crippen molar-refractivity contribution in [1.29, 1.82) is 0 Å². The third-order valence-corrected chi connectivity index (χ3v) is 7.08. The second-order valence-corrected chi connectivity index (χ2v) is 9.06. The van der Waals surface area contributed by atoms with Crippen LogP contribution >= 0.6 is 0 Å². The SMILES string of the molecule is COc1ccc(C(OCC2(CO)CCNCC2)(c2ccc(OC)cc2)c2ccc(OC)cc2)cc1. The average molecular weight is 478 g/mol. The van der Waals surface area contributed by atoms with Gasteiger partial charge in [-0.2, -0.15) is 0 Å². The molecule has 1 aliphatic heterocycles. The highest BCUT2D eigenvalue weighted by Gasteiger charge is 2.41. The van der Waals surface area contributed by atoms with Crippen molar-refractivity contribution in [3.63, 3.8) is 0 Å². The zero-order chi connectivity index (χ0) is 24.7. The highest BCUT2D eigenvalue weighted by molar-refractivity contribution is 5.50. The molecule has 0 spiro atoms. The molecule has 0 amide bonds. The average Bonchev–Trinajstić information content (AvgIpc) is 2.94. The summed E-state index contributed by atoms with van der Waals surface area (Å²) < 4.78 is 23.3. The van der Waals surface area contributed by atoms with Crippen molar-refractivity contribution >= 4 is 0 Å². The van der Waals surface area contributed by atoms with Gasteiger partial charge < -0.3 is 29.4 Å². The Bertz CT molecular complexity index is 942. The summed E-state index contributed by atoms with van der Waals surface area (Å²) in [5, 5.41) is 13.8. The van der Waals surface area contributed by atoms with Gasteiger partial charge in [-0.15, -0.1) is 0 Å². The Labute approximate surface area is 207 Å². The van der Waals surface area contributed by atoms with Crippen molar-refractivity contribution in [2.24, 2.45) is 5.41 Å². The van der Waals surface area contributed by atoms with E-state index in [1.807, 2.05) is 72.8 Å². The van der Waals surface area contributed by atoms with Crippen LogP contribution in [0.5, 0.6) is 17.2 Å². The van der Waals surface area contributed by atoms with Gasteiger partial charge in [0.1, 0.15) is 22.8 Å². The Morgan fingerprint density at radius 2 is 1.06 bits per heavy atom. The minimum atomic E-state index is -0.919. The Balaban J connectivity index is 1.88. The van der Waals surface area contributed by atoms with Gasteiger partial charge in [-0.25, -0.2) is 0 Å². The predicted molar refractivity (Wildman–Crippen MR) is 136 cm³/mol. The number of nitrogens with one attached hydrogen (secondary N) is 1. The molecule has 3 aromatic rings. The lowest BCUT2D eigenvalue weighted by Gasteiger charge is -2.42. The Hall–Kier alpha value is -3.06. The fourth-order valence-electron chi connectivity index (χ4n) is 4.79. The van der Waals surface area contributed by atoms with Gasteiger partial charge in [0, 0.05) is 5.41 Å². The smallest absolute Gasteiger partial charge is 0.143 e. The molecule has 0 bridgehead atoms. The van der Waals surface area contributed by atoms with E-state index in [0.717, 1.165) is 59.9 Å². The van der Waals surface area contributed by atoms with Gasteiger partial charge in [-0.05, 0) is 79.0 Å². The maximum Gasteiger partial charge on any atom is 0.143 e. The number of ether oxygens (including phenoxy) is 4. The zero-order valence-corrected chi connectivity index (χ0v) is 20.8. The van der Waals surface area contributed by atoms with E-state index in [9.17, 15) is 5.11 Å². The van der Waals surface area contributed by atoms with E-state index < -0.39 is 5.60 Å². The van der Waals surface area contributed by atoms with Gasteiger partial charge in [0.15, 0.2) is 0 Å². The molecule has 1 heterocycles. The summed E-state index contributed by atoms with van der Waals surface area (Å²) in [7, 11) is 4.98. The van der Waals surface area contributed by atoms with E-state index in [0.29, 0.717) is 6.61 Å². The molecule has 0 unspecified atom stereocenters. The van der Waals surface area contributed by atoms with Crippen LogP contribution in [-0.4, -0.2) is 52.7 Å². The fourth-order valence-corrected chi connectivity index (χ4v) is 4.79. The molecule has 0 saturated carbocycles. The molecule has 1 saturated heterocycles. The number of aliphatic hydroxyl groups is 1. The van der Waals surface area contributed by atoms with Crippen molar-refractivity contribution in [3.8, 4) is 17.2 Å². The summed E-state index contributed by atoms with van der Waals surface area (Å²) in [5.41, 5.74) is 1.68. The van der Waals surface area contributed by atoms with Gasteiger partial charge in [0.05, 0.1) is 34.5 Å². The van der Waals surface area contributed by atoms with Crippen LogP contribution in [0.4, 0.5) is 0 Å². The van der Waals surface area contributed by atoms with Crippen LogP contribution in [-0.2, 0) is 10.3 Å². The van der Waals surface area contributed by atoms with Gasteiger partial charge in [-0.3, -0.25) is 0 Å². The summed E-state index contributed by atoms with van der Waals surface area (Å²) in [6.07, 6.45) is 1.71. The van der Waals surface area contributed by atoms with Gasteiger partial charge in [0.2, 0.25) is 0 Å². The molecular weight excluding hydrogens is 442 g/mol. The van der Waals surface area contributed by atoms with E-state index in [1.165, 1.54) is 0 Å². The van der Waals surface area contributed by atoms with Crippen LogP contribution in [0.2, 0.25) is 0 Å². The minimum absolute atomic E-state index is 0.0819. The van der Waals surface area contributed by atoms with Crippen molar-refractivity contribution < 1.29 is 24.1 Å². The highest BCUT2D eigenvalue weighted by atomic mass is 16.5. The van der Waals surface area contributed by atoms with Crippen molar-refractivity contribution in [3.05, 3.63) is 89.5 Å². The molecule has 6 heteroatoms. The number of benzene rings is 3. The molecule has 35 heavy (non-hydrogen) atoms. The molecule has 0 radical (unpaired) electrons. The summed E-state index contributed by atoms with van der Waals surface area (Å²) in [6, 6.07) is 24.0. The first-order valence-electron chi connectivity index (χ1n) is 12.0. The van der Waals surface area contributed by atoms with Crippen LogP contribution < -0.4 is 19.5 Å². The molecule has 2 N–H and O–H groups in total. The molecule has 186 valence electrons. The van der Waals surface area contributed by atoms with E-state index in [1.54, 1.807) is 21.3 Å². The van der Waals surface area contributed by atoms with E-state index in [2.05, 4.69) is 5.32 Å². The first-order chi connectivity index (χ1) is 17.1. The first kappa shape index (κ1) is 25.0. The molecule has 4 rings (SSSR count). The number of hydrogen-bond acceptors (Lipinski definition) is 6. The molecule has 1 aliphatic rings. The largest absolute Gasteiger partial charge is 0.497 e. The van der Waals surface area contributed by atoms with Gasteiger partial charge in [0.25, 0.3) is 0 Å². The van der Waals surface area contributed by atoms with Crippen molar-refractivity contribution in [1.82, 2.24) is 5.32 Å². The van der Waals surface area contributed by atoms with Crippen LogP contribution in [0, 0.1) is 5.41 Å². The first-order valence-corrected chi connectivity index (χ1v) is 12.0. The Kier molecular flexibility index (Phi) is 7.96. The van der Waals surface area contributed by atoms with Crippen LogP contribution in [0.1, 0.15) is 29.5 Å². The molecule has 0 atom stereocenters. The van der Waals surface area contributed by atoms with E-state index in [4.69, 9.17) is 18.9 Å². The number of hydrogen-bond donors (Lipinski definition) is 2. The molecular formula is C29H35NO5. The lowest BCUT2D eigenvalue weighted by Crippen LogP contribution is -2.45. The number of rotatable bonds is 10. The van der Waals surface area contributed by atoms with Crippen molar-refractivity contribution in [2.45, 2.75) is 18.4 Å². The maximum atomic E-state index is 10.4. The second-order valence-electron chi connectivity index (χ2n) is 9.06. The van der Waals surface area contributed by atoms with Crippen LogP contribution in [0.25, 0.3) is 0 Å². The summed E-state index contributed by atoms with van der Waals surface area (Å²) in [5.74, 6) is 2.33. The quantitative estimate of drug-likeness (QED) is 0.423. The minimum Gasteiger partial charge on any atom is -0.497 e. The Morgan fingerprint density at radius 3 is 1.37 bits per heavy atom. The standard InChI is InChI=1S/C29H35NO5/c1-32-25-10-4-22(5-11-25)29(23-6-12-26(33-2)13-7-23,24-8-14-27(34-3)15-9-24)35-21-28(20-31)16-18-30-19-17-28/h4-15,30-31H,16-21H2,1-3H3. The summed E-state index contributed by atoms with van der Waals surface area (Å²) >= 11 is 0. The second kappa shape index (κ2) is 11.1. The maximum absolute atomic E-state index is 10.4. The number of methoxy groups -OCH3 is 3. The summed E-state index contributed by atoms with van der Waals surface area (Å²) in [4.78, 5) is 0. The molecule has 1 fully saturated rings. The van der Waals surface area contributed by atoms with Crippen LogP contribution in [0.15, 0.2) is 72.8 Å². The van der Waals surface area contributed by atoms with Crippen molar-refractivity contribution in [2.75, 3.05) is 47.6 Å². The lowest BCUT2D eigenvalue weighted by molar-refractivity contribution is -0.0695. The summed E-state index contributed by atoms with van der Waals surface area (Å²) in [6.45, 7) is 2.23. The molecule has 0 aromatic heterocycles. The number of aliphatic hydroxyl groups excluding tert-OH is 1.